The maximum atomic E-state index is 12.6. The molecule has 3 rings (SSSR count). The molecular weight excluding hydrogens is 310 g/mol. The lowest BCUT2D eigenvalue weighted by atomic mass is 10.2. The van der Waals surface area contributed by atoms with Gasteiger partial charge in [-0.3, -0.25) is 4.79 Å². The van der Waals surface area contributed by atoms with Crippen LogP contribution in [0, 0.1) is 11.3 Å². The Balaban J connectivity index is 1.88. The summed E-state index contributed by atoms with van der Waals surface area (Å²) in [6, 6.07) is 18.4. The number of rotatable bonds is 3. The lowest BCUT2D eigenvalue weighted by Crippen LogP contribution is -2.30. The Hall–Kier alpha value is -2.78. The Labute approximate surface area is 138 Å². The van der Waals surface area contributed by atoms with Crippen LogP contribution in [0.3, 0.4) is 0 Å². The summed E-state index contributed by atoms with van der Waals surface area (Å²) in [5.74, 6) is 0.361. The number of ether oxygens (including phenoxy) is 1. The number of carbonyl (C=O) groups excluding carboxylic acids is 1. The van der Waals surface area contributed by atoms with Gasteiger partial charge in [0.05, 0.1) is 7.11 Å². The van der Waals surface area contributed by atoms with Crippen LogP contribution in [-0.2, 0) is 0 Å². The topological polar surface area (TPSA) is 65.7 Å². The largest absolute Gasteiger partial charge is 0.497 e. The molecule has 1 amide bonds. The Morgan fingerprint density at radius 2 is 1.91 bits per heavy atom. The van der Waals surface area contributed by atoms with Gasteiger partial charge in [0.1, 0.15) is 16.9 Å². The third-order valence-electron chi connectivity index (χ3n) is 3.32. The zero-order valence-corrected chi connectivity index (χ0v) is 13.2. The van der Waals surface area contributed by atoms with Gasteiger partial charge in [0.15, 0.2) is 5.37 Å². The second kappa shape index (κ2) is 6.55. The van der Waals surface area contributed by atoms with E-state index in [-0.39, 0.29) is 5.91 Å². The molecule has 2 aromatic carbocycles. The Bertz CT molecular complexity index is 782. The van der Waals surface area contributed by atoms with Crippen molar-refractivity contribution in [2.45, 2.75) is 5.37 Å². The molecule has 1 aliphatic rings. The van der Waals surface area contributed by atoms with E-state index in [2.05, 4.69) is 11.2 Å². The van der Waals surface area contributed by atoms with Crippen molar-refractivity contribution in [2.75, 3.05) is 7.11 Å². The van der Waals surface area contributed by atoms with Gasteiger partial charge < -0.3 is 4.74 Å². The van der Waals surface area contributed by atoms with Crippen molar-refractivity contribution in [1.82, 2.24) is 5.01 Å². The van der Waals surface area contributed by atoms with E-state index in [1.807, 2.05) is 30.3 Å². The van der Waals surface area contributed by atoms with E-state index in [1.165, 1.54) is 16.8 Å². The summed E-state index contributed by atoms with van der Waals surface area (Å²) in [6.07, 6.45) is 0. The molecule has 0 aromatic heterocycles. The predicted octanol–water partition coefficient (Wildman–Crippen LogP) is 3.10. The minimum Gasteiger partial charge on any atom is -0.497 e. The number of benzene rings is 2. The van der Waals surface area contributed by atoms with Crippen molar-refractivity contribution < 1.29 is 9.53 Å². The summed E-state index contributed by atoms with van der Waals surface area (Å²) in [5.41, 5.74) is 1.35. The number of nitrogens with zero attached hydrogens (tertiary/aromatic N) is 3. The zero-order chi connectivity index (χ0) is 16.2. The molecule has 0 radical (unpaired) electrons. The highest BCUT2D eigenvalue weighted by molar-refractivity contribution is 8.15. The van der Waals surface area contributed by atoms with E-state index in [9.17, 15) is 10.1 Å². The third-order valence-corrected chi connectivity index (χ3v) is 4.39. The monoisotopic (exact) mass is 323 g/mol. The van der Waals surface area contributed by atoms with Crippen LogP contribution in [0.5, 0.6) is 5.75 Å². The first-order chi connectivity index (χ1) is 11.2. The predicted molar refractivity (Wildman–Crippen MR) is 89.1 cm³/mol. The maximum Gasteiger partial charge on any atom is 0.276 e. The minimum absolute atomic E-state index is 0.308. The molecule has 0 bridgehead atoms. The van der Waals surface area contributed by atoms with Crippen molar-refractivity contribution in [3.8, 4) is 11.8 Å². The van der Waals surface area contributed by atoms with E-state index in [1.54, 1.807) is 31.4 Å². The van der Waals surface area contributed by atoms with Crippen LogP contribution in [0.15, 0.2) is 59.7 Å². The fourth-order valence-electron chi connectivity index (χ4n) is 2.13. The second-order valence-corrected chi connectivity index (χ2v) is 5.82. The molecule has 114 valence electrons. The molecule has 0 saturated carbocycles. The number of methoxy groups -OCH3 is 1. The van der Waals surface area contributed by atoms with Gasteiger partial charge in [0.25, 0.3) is 5.91 Å². The average Bonchev–Trinajstić information content (AvgIpc) is 3.06. The van der Waals surface area contributed by atoms with Gasteiger partial charge in [-0.2, -0.15) is 10.4 Å². The summed E-state index contributed by atoms with van der Waals surface area (Å²) in [6.45, 7) is 0. The number of hydrazone groups is 1. The van der Waals surface area contributed by atoms with Crippen molar-refractivity contribution in [3.05, 3.63) is 65.7 Å². The SMILES string of the molecule is COc1ccc(C(=O)N2N=C(c3ccccc3)SC2C#N)cc1. The summed E-state index contributed by atoms with van der Waals surface area (Å²) in [4.78, 5) is 12.6. The Morgan fingerprint density at radius 3 is 2.52 bits per heavy atom. The molecular formula is C17H13N3O2S. The lowest BCUT2D eigenvalue weighted by molar-refractivity contribution is 0.0771. The number of hydrogen-bond donors (Lipinski definition) is 0. The molecule has 0 saturated heterocycles. The molecule has 2 aromatic rings. The molecule has 0 fully saturated rings. The molecule has 1 heterocycles. The zero-order valence-electron chi connectivity index (χ0n) is 12.3. The molecule has 1 atom stereocenters. The van der Waals surface area contributed by atoms with E-state index in [0.717, 1.165) is 5.56 Å². The van der Waals surface area contributed by atoms with Crippen LogP contribution in [-0.4, -0.2) is 28.4 Å². The van der Waals surface area contributed by atoms with Gasteiger partial charge >= 0.3 is 0 Å². The molecule has 6 heteroatoms. The van der Waals surface area contributed by atoms with Crippen molar-refractivity contribution in [1.29, 1.82) is 5.26 Å². The van der Waals surface area contributed by atoms with Gasteiger partial charge in [0.2, 0.25) is 0 Å². The van der Waals surface area contributed by atoms with Gasteiger partial charge in [-0.15, -0.1) is 0 Å². The first-order valence-electron chi connectivity index (χ1n) is 6.91. The number of amides is 1. The molecule has 5 nitrogen and oxygen atoms in total. The summed E-state index contributed by atoms with van der Waals surface area (Å²) in [5, 5.41) is 14.9. The van der Waals surface area contributed by atoms with E-state index >= 15 is 0 Å². The van der Waals surface area contributed by atoms with Gasteiger partial charge in [-0.05, 0) is 24.3 Å². The molecule has 0 spiro atoms. The quantitative estimate of drug-likeness (QED) is 0.870. The molecule has 0 aliphatic carbocycles. The van der Waals surface area contributed by atoms with Crippen molar-refractivity contribution >= 4 is 22.7 Å². The van der Waals surface area contributed by atoms with E-state index in [4.69, 9.17) is 4.74 Å². The molecule has 23 heavy (non-hydrogen) atoms. The number of hydrogen-bond acceptors (Lipinski definition) is 5. The van der Waals surface area contributed by atoms with Gasteiger partial charge in [0, 0.05) is 11.1 Å². The standard InChI is InChI=1S/C17H13N3O2S/c1-22-14-9-7-13(8-10-14)17(21)20-15(11-18)23-16(19-20)12-5-3-2-4-6-12/h2-10,15H,1H3. The summed E-state index contributed by atoms with van der Waals surface area (Å²) < 4.78 is 5.08. The third kappa shape index (κ3) is 3.05. The second-order valence-electron chi connectivity index (χ2n) is 4.75. The Morgan fingerprint density at radius 1 is 1.22 bits per heavy atom. The van der Waals surface area contributed by atoms with E-state index in [0.29, 0.717) is 16.4 Å². The maximum absolute atomic E-state index is 12.6. The highest BCUT2D eigenvalue weighted by atomic mass is 32.2. The minimum atomic E-state index is -0.667. The van der Waals surface area contributed by atoms with E-state index < -0.39 is 5.37 Å². The van der Waals surface area contributed by atoms with Crippen LogP contribution in [0.1, 0.15) is 15.9 Å². The lowest BCUT2D eigenvalue weighted by Gasteiger charge is -2.14. The summed E-state index contributed by atoms with van der Waals surface area (Å²) >= 11 is 1.27. The first-order valence-corrected chi connectivity index (χ1v) is 7.79. The average molecular weight is 323 g/mol. The van der Waals surface area contributed by atoms with Crippen LogP contribution >= 0.6 is 11.8 Å². The van der Waals surface area contributed by atoms with Crippen LogP contribution in [0.25, 0.3) is 0 Å². The van der Waals surface area contributed by atoms with Crippen molar-refractivity contribution in [2.24, 2.45) is 5.10 Å². The van der Waals surface area contributed by atoms with Crippen LogP contribution in [0.4, 0.5) is 0 Å². The fraction of sp³-hybridized carbons (Fsp3) is 0.118. The number of thioether (sulfide) groups is 1. The number of carbonyl (C=O) groups is 1. The van der Waals surface area contributed by atoms with Crippen molar-refractivity contribution in [3.63, 3.8) is 0 Å². The highest BCUT2D eigenvalue weighted by Crippen LogP contribution is 2.30. The fourth-order valence-corrected chi connectivity index (χ4v) is 3.05. The molecule has 1 aliphatic heterocycles. The normalized spacial score (nSPS) is 16.6. The molecule has 1 unspecified atom stereocenters. The van der Waals surface area contributed by atoms with Gasteiger partial charge in [-0.25, -0.2) is 5.01 Å². The smallest absolute Gasteiger partial charge is 0.276 e. The Kier molecular flexibility index (Phi) is 4.31. The van der Waals surface area contributed by atoms with Crippen LogP contribution in [0.2, 0.25) is 0 Å². The highest BCUT2D eigenvalue weighted by Gasteiger charge is 2.33. The first kappa shape index (κ1) is 15.1. The summed E-state index contributed by atoms with van der Waals surface area (Å²) in [7, 11) is 1.57. The number of nitriles is 1. The van der Waals surface area contributed by atoms with Gasteiger partial charge in [-0.1, -0.05) is 42.1 Å². The molecule has 0 N–H and O–H groups in total. The van der Waals surface area contributed by atoms with Crippen LogP contribution < -0.4 is 4.74 Å².